The Morgan fingerprint density at radius 2 is 2.25 bits per heavy atom. The molecule has 16 heavy (non-hydrogen) atoms. The topological polar surface area (TPSA) is 35.5 Å². The minimum absolute atomic E-state index is 0.260. The number of halogens is 1. The van der Waals surface area contributed by atoms with Crippen molar-refractivity contribution in [3.05, 3.63) is 21.9 Å². The Morgan fingerprint density at radius 3 is 2.81 bits per heavy atom. The number of hydrogen-bond donors (Lipinski definition) is 0. The normalized spacial score (nSPS) is 15.8. The molecular formula is C12H17BrO3. The highest BCUT2D eigenvalue weighted by Crippen LogP contribution is 2.29. The lowest BCUT2D eigenvalue weighted by atomic mass is 10.0. The molecule has 0 amide bonds. The highest BCUT2D eigenvalue weighted by Gasteiger charge is 2.18. The Morgan fingerprint density at radius 1 is 1.50 bits per heavy atom. The van der Waals surface area contributed by atoms with Gasteiger partial charge in [-0.2, -0.15) is 0 Å². The van der Waals surface area contributed by atoms with Crippen LogP contribution in [0.15, 0.2) is 21.9 Å². The van der Waals surface area contributed by atoms with E-state index in [4.69, 9.17) is 4.74 Å². The largest absolute Gasteiger partial charge is 0.497 e. The van der Waals surface area contributed by atoms with Gasteiger partial charge in [0.05, 0.1) is 18.2 Å². The molecule has 0 radical (unpaired) electrons. The maximum absolute atomic E-state index is 11.3. The number of rotatable bonds is 5. The third-order valence-corrected chi connectivity index (χ3v) is 3.08. The number of methoxy groups -OCH3 is 1. The van der Waals surface area contributed by atoms with Crippen LogP contribution in [-0.4, -0.2) is 19.7 Å². The summed E-state index contributed by atoms with van der Waals surface area (Å²) in [6.07, 6.45) is 5.40. The van der Waals surface area contributed by atoms with Gasteiger partial charge in [0.1, 0.15) is 5.76 Å². The molecule has 0 atom stereocenters. The summed E-state index contributed by atoms with van der Waals surface area (Å²) >= 11 is 3.42. The minimum atomic E-state index is -0.260. The molecule has 0 fully saturated rings. The molecule has 1 aliphatic carbocycles. The molecule has 90 valence electrons. The Bertz CT molecular complexity index is 318. The lowest BCUT2D eigenvalue weighted by molar-refractivity contribution is -0.136. The van der Waals surface area contributed by atoms with Gasteiger partial charge < -0.3 is 9.47 Å². The van der Waals surface area contributed by atoms with E-state index in [1.54, 1.807) is 6.08 Å². The molecule has 0 aromatic rings. The summed E-state index contributed by atoms with van der Waals surface area (Å²) in [5.74, 6) is 0.672. The van der Waals surface area contributed by atoms with Crippen LogP contribution in [0.25, 0.3) is 0 Å². The Balaban J connectivity index is 2.60. The maximum Gasteiger partial charge on any atom is 0.333 e. The Hall–Kier alpha value is -0.770. The predicted molar refractivity (Wildman–Crippen MR) is 66.1 cm³/mol. The Labute approximate surface area is 105 Å². The molecule has 0 aromatic carbocycles. The van der Waals surface area contributed by atoms with Gasteiger partial charge in [0.2, 0.25) is 0 Å². The number of esters is 1. The molecule has 0 aliphatic heterocycles. The van der Waals surface area contributed by atoms with Crippen molar-refractivity contribution in [1.82, 2.24) is 0 Å². The number of allylic oxidation sites excluding steroid dienone is 3. The molecule has 0 heterocycles. The van der Waals surface area contributed by atoms with Gasteiger partial charge in [-0.1, -0.05) is 13.3 Å². The maximum atomic E-state index is 11.3. The predicted octanol–water partition coefficient (Wildman–Crippen LogP) is 3.30. The second-order valence-electron chi connectivity index (χ2n) is 3.63. The summed E-state index contributed by atoms with van der Waals surface area (Å²) in [4.78, 5) is 11.3. The number of unbranched alkanes of at least 4 members (excludes halogenated alkanes) is 1. The van der Waals surface area contributed by atoms with Gasteiger partial charge in [0, 0.05) is 12.0 Å². The highest BCUT2D eigenvalue weighted by molar-refractivity contribution is 9.11. The van der Waals surface area contributed by atoms with Crippen molar-refractivity contribution in [2.45, 2.75) is 32.6 Å². The SMILES string of the molecule is CCCCOC1=C(Br)C=C(C(=O)OC)CC1. The van der Waals surface area contributed by atoms with Crippen LogP contribution in [0, 0.1) is 0 Å². The van der Waals surface area contributed by atoms with E-state index in [1.807, 2.05) is 0 Å². The summed E-state index contributed by atoms with van der Waals surface area (Å²) in [7, 11) is 1.40. The number of ether oxygens (including phenoxy) is 2. The van der Waals surface area contributed by atoms with Crippen LogP contribution >= 0.6 is 15.9 Å². The second kappa shape index (κ2) is 6.74. The molecule has 0 unspecified atom stereocenters. The van der Waals surface area contributed by atoms with E-state index in [2.05, 4.69) is 27.6 Å². The van der Waals surface area contributed by atoms with Crippen molar-refractivity contribution in [3.8, 4) is 0 Å². The summed E-state index contributed by atoms with van der Waals surface area (Å²) in [5, 5.41) is 0. The fourth-order valence-corrected chi connectivity index (χ4v) is 2.04. The fraction of sp³-hybridized carbons (Fsp3) is 0.583. The molecular weight excluding hydrogens is 272 g/mol. The van der Waals surface area contributed by atoms with E-state index in [0.29, 0.717) is 12.0 Å². The smallest absolute Gasteiger partial charge is 0.333 e. The third-order valence-electron chi connectivity index (χ3n) is 2.41. The lowest BCUT2D eigenvalue weighted by Crippen LogP contribution is -2.10. The van der Waals surface area contributed by atoms with Gasteiger partial charge in [0.15, 0.2) is 0 Å². The molecule has 0 bridgehead atoms. The average Bonchev–Trinajstić information content (AvgIpc) is 2.30. The Kier molecular flexibility index (Phi) is 5.60. The lowest BCUT2D eigenvalue weighted by Gasteiger charge is -2.16. The quantitative estimate of drug-likeness (QED) is 0.575. The van der Waals surface area contributed by atoms with E-state index in [-0.39, 0.29) is 5.97 Å². The first-order valence-corrected chi connectivity index (χ1v) is 6.28. The van der Waals surface area contributed by atoms with Crippen molar-refractivity contribution in [3.63, 3.8) is 0 Å². The molecule has 0 spiro atoms. The molecule has 1 aliphatic rings. The van der Waals surface area contributed by atoms with E-state index >= 15 is 0 Å². The van der Waals surface area contributed by atoms with Gasteiger partial charge in [-0.15, -0.1) is 0 Å². The first-order chi connectivity index (χ1) is 7.69. The van der Waals surface area contributed by atoms with Crippen LogP contribution in [0.3, 0.4) is 0 Å². The van der Waals surface area contributed by atoms with Gasteiger partial charge >= 0.3 is 5.97 Å². The number of carbonyl (C=O) groups is 1. The average molecular weight is 289 g/mol. The monoisotopic (exact) mass is 288 g/mol. The standard InChI is InChI=1S/C12H17BrO3/c1-3-4-7-16-11-6-5-9(8-10(11)13)12(14)15-2/h8H,3-7H2,1-2H3. The zero-order valence-corrected chi connectivity index (χ0v) is 11.3. The van der Waals surface area contributed by atoms with Gasteiger partial charge in [-0.25, -0.2) is 4.79 Å². The van der Waals surface area contributed by atoms with Crippen LogP contribution in [0.5, 0.6) is 0 Å². The van der Waals surface area contributed by atoms with Crippen LogP contribution < -0.4 is 0 Å². The third kappa shape index (κ3) is 3.67. The van der Waals surface area contributed by atoms with Crippen LogP contribution in [-0.2, 0) is 14.3 Å². The number of hydrogen-bond acceptors (Lipinski definition) is 3. The van der Waals surface area contributed by atoms with E-state index in [1.165, 1.54) is 7.11 Å². The number of carbonyl (C=O) groups excluding carboxylic acids is 1. The summed E-state index contributed by atoms with van der Waals surface area (Å²) < 4.78 is 11.2. The van der Waals surface area contributed by atoms with Gasteiger partial charge in [0.25, 0.3) is 0 Å². The zero-order valence-electron chi connectivity index (χ0n) is 9.72. The van der Waals surface area contributed by atoms with Crippen molar-refractivity contribution in [2.75, 3.05) is 13.7 Å². The van der Waals surface area contributed by atoms with E-state index in [9.17, 15) is 4.79 Å². The zero-order chi connectivity index (χ0) is 12.0. The first kappa shape index (κ1) is 13.3. The van der Waals surface area contributed by atoms with Crippen molar-refractivity contribution < 1.29 is 14.3 Å². The van der Waals surface area contributed by atoms with Crippen molar-refractivity contribution in [2.24, 2.45) is 0 Å². The second-order valence-corrected chi connectivity index (χ2v) is 4.49. The van der Waals surface area contributed by atoms with Crippen LogP contribution in [0.4, 0.5) is 0 Å². The van der Waals surface area contributed by atoms with E-state index < -0.39 is 0 Å². The molecule has 0 N–H and O–H groups in total. The summed E-state index contributed by atoms with van der Waals surface area (Å²) in [5.41, 5.74) is 0.692. The summed E-state index contributed by atoms with van der Waals surface area (Å²) in [6, 6.07) is 0. The molecule has 0 aromatic heterocycles. The molecule has 1 rings (SSSR count). The van der Waals surface area contributed by atoms with Gasteiger partial charge in [-0.3, -0.25) is 0 Å². The van der Waals surface area contributed by atoms with E-state index in [0.717, 1.165) is 36.1 Å². The first-order valence-electron chi connectivity index (χ1n) is 5.49. The molecule has 4 heteroatoms. The molecule has 0 saturated carbocycles. The highest BCUT2D eigenvalue weighted by atomic mass is 79.9. The van der Waals surface area contributed by atoms with Crippen molar-refractivity contribution >= 4 is 21.9 Å². The van der Waals surface area contributed by atoms with Crippen LogP contribution in [0.2, 0.25) is 0 Å². The van der Waals surface area contributed by atoms with Crippen LogP contribution in [0.1, 0.15) is 32.6 Å². The fourth-order valence-electron chi connectivity index (χ4n) is 1.45. The molecule has 3 nitrogen and oxygen atoms in total. The van der Waals surface area contributed by atoms with Gasteiger partial charge in [-0.05, 0) is 34.8 Å². The minimum Gasteiger partial charge on any atom is -0.497 e. The summed E-state index contributed by atoms with van der Waals surface area (Å²) in [6.45, 7) is 2.87. The molecule has 0 saturated heterocycles. The van der Waals surface area contributed by atoms with Crippen molar-refractivity contribution in [1.29, 1.82) is 0 Å².